The van der Waals surface area contributed by atoms with Crippen LogP contribution in [0.2, 0.25) is 0 Å². The predicted octanol–water partition coefficient (Wildman–Crippen LogP) is 9.28. The summed E-state index contributed by atoms with van der Waals surface area (Å²) < 4.78 is 17.0. The highest BCUT2D eigenvalue weighted by atomic mass is 19.1. The molecule has 0 aliphatic carbocycles. The number of aromatic nitrogens is 10. The lowest BCUT2D eigenvalue weighted by Crippen LogP contribution is -2.16. The van der Waals surface area contributed by atoms with E-state index in [1.807, 2.05) is 146 Å². The standard InChI is InChI=1S/C26H19FN6O.C26H20N6O/c27-23-15-21(13-14-28-23)33-26(19-9-5-2-6-10-19)22(31-32-33)16-25(34)30-24-12-11-20(17-29-24)18-7-3-1-4-8-18;33-25(29-24-12-11-21(18-28-24)19-7-3-1-4-8-19)17-23-26(20-9-5-2-6-10-20)32(31-30-23)22-13-15-27-16-14-22/h1-15,17H,16H2,(H,29,30,34);1-16,18H,17H2,(H,28,29,33). The molecule has 0 bridgehead atoms. The number of amides is 2. The average Bonchev–Trinajstić information content (AvgIpc) is 4.00. The number of hydrogen-bond acceptors (Lipinski definition) is 10. The molecule has 6 aromatic heterocycles. The Morgan fingerprint density at radius 1 is 0.448 bits per heavy atom. The lowest BCUT2D eigenvalue weighted by Gasteiger charge is -2.09. The smallest absolute Gasteiger partial charge is 0.231 e. The molecule has 0 saturated carbocycles. The van der Waals surface area contributed by atoms with Gasteiger partial charge in [-0.25, -0.2) is 24.3 Å². The van der Waals surface area contributed by atoms with Crippen LogP contribution in [0.3, 0.4) is 0 Å². The molecule has 0 aliphatic heterocycles. The molecule has 0 radical (unpaired) electrons. The van der Waals surface area contributed by atoms with Crippen molar-refractivity contribution in [1.29, 1.82) is 0 Å². The van der Waals surface area contributed by atoms with Gasteiger partial charge in [-0.3, -0.25) is 14.6 Å². The van der Waals surface area contributed by atoms with Crippen LogP contribution >= 0.6 is 0 Å². The first-order valence-corrected chi connectivity index (χ1v) is 21.1. The molecule has 0 saturated heterocycles. The number of halogens is 1. The number of benzene rings is 4. The van der Waals surface area contributed by atoms with E-state index in [9.17, 15) is 14.0 Å². The van der Waals surface area contributed by atoms with Crippen molar-refractivity contribution in [1.82, 2.24) is 49.9 Å². The summed E-state index contributed by atoms with van der Waals surface area (Å²) >= 11 is 0. The van der Waals surface area contributed by atoms with Crippen LogP contribution in [-0.2, 0) is 22.4 Å². The Labute approximate surface area is 383 Å². The van der Waals surface area contributed by atoms with Gasteiger partial charge in [0.2, 0.25) is 17.8 Å². The van der Waals surface area contributed by atoms with Crippen LogP contribution < -0.4 is 10.6 Å². The highest BCUT2D eigenvalue weighted by molar-refractivity contribution is 5.93. The van der Waals surface area contributed by atoms with E-state index in [4.69, 9.17) is 0 Å². The zero-order valence-corrected chi connectivity index (χ0v) is 35.6. The third-order valence-corrected chi connectivity index (χ3v) is 10.4. The van der Waals surface area contributed by atoms with Gasteiger partial charge in [0.05, 0.1) is 35.6 Å². The van der Waals surface area contributed by atoms with E-state index < -0.39 is 5.95 Å². The van der Waals surface area contributed by atoms with Gasteiger partial charge < -0.3 is 10.6 Å². The van der Waals surface area contributed by atoms with Crippen LogP contribution in [-0.4, -0.2) is 61.7 Å². The minimum atomic E-state index is -0.628. The van der Waals surface area contributed by atoms with E-state index in [1.165, 1.54) is 16.9 Å². The number of nitrogens with one attached hydrogen (secondary N) is 2. The van der Waals surface area contributed by atoms with Crippen LogP contribution in [0.1, 0.15) is 11.4 Å². The first-order valence-electron chi connectivity index (χ1n) is 21.1. The second-order valence-corrected chi connectivity index (χ2v) is 14.9. The normalized spacial score (nSPS) is 10.7. The van der Waals surface area contributed by atoms with Gasteiger partial charge >= 0.3 is 0 Å². The zero-order valence-electron chi connectivity index (χ0n) is 35.6. The minimum Gasteiger partial charge on any atom is -0.310 e. The molecule has 15 heteroatoms. The molecule has 0 spiro atoms. The molecule has 326 valence electrons. The summed E-state index contributed by atoms with van der Waals surface area (Å²) in [6.07, 6.45) is 8.26. The monoisotopic (exact) mass is 882 g/mol. The highest BCUT2D eigenvalue weighted by Gasteiger charge is 2.21. The van der Waals surface area contributed by atoms with Crippen LogP contribution in [0, 0.1) is 5.95 Å². The Morgan fingerprint density at radius 3 is 1.28 bits per heavy atom. The molecule has 2 N–H and O–H groups in total. The molecule has 0 aliphatic rings. The second-order valence-electron chi connectivity index (χ2n) is 14.9. The summed E-state index contributed by atoms with van der Waals surface area (Å²) in [6, 6.07) is 53.0. The van der Waals surface area contributed by atoms with Crippen LogP contribution in [0.15, 0.2) is 201 Å². The zero-order chi connectivity index (χ0) is 45.8. The SMILES string of the molecule is O=C(Cc1nnn(-c2ccnc(F)c2)c1-c1ccccc1)Nc1ccc(-c2ccccc2)cn1.O=C(Cc1nnn(-c2ccncc2)c1-c1ccccc1)Nc1ccc(-c2ccccc2)cn1. The fourth-order valence-electron chi connectivity index (χ4n) is 7.22. The first-order chi connectivity index (χ1) is 32.9. The van der Waals surface area contributed by atoms with Crippen LogP contribution in [0.5, 0.6) is 0 Å². The fraction of sp³-hybridized carbons (Fsp3) is 0.0385. The molecular weight excluding hydrogens is 844 g/mol. The van der Waals surface area contributed by atoms with E-state index in [0.29, 0.717) is 34.4 Å². The molecular formula is C52H39FN12O2. The number of carbonyl (C=O) groups is 2. The van der Waals surface area contributed by atoms with Gasteiger partial charge in [-0.1, -0.05) is 132 Å². The summed E-state index contributed by atoms with van der Waals surface area (Å²) in [7, 11) is 0. The van der Waals surface area contributed by atoms with Crippen molar-refractivity contribution in [2.24, 2.45) is 0 Å². The molecule has 10 rings (SSSR count). The van der Waals surface area contributed by atoms with Gasteiger partial charge in [0.1, 0.15) is 23.0 Å². The maximum Gasteiger partial charge on any atom is 0.231 e. The Hall–Kier alpha value is -9.37. The number of rotatable bonds is 12. The van der Waals surface area contributed by atoms with Gasteiger partial charge in [0, 0.05) is 59.3 Å². The maximum absolute atomic E-state index is 13.7. The van der Waals surface area contributed by atoms with Gasteiger partial charge in [-0.2, -0.15) is 4.39 Å². The molecule has 67 heavy (non-hydrogen) atoms. The fourth-order valence-corrected chi connectivity index (χ4v) is 7.22. The Kier molecular flexibility index (Phi) is 13.1. The number of carbonyl (C=O) groups excluding carboxylic acids is 2. The van der Waals surface area contributed by atoms with Crippen LogP contribution in [0.4, 0.5) is 16.0 Å². The lowest BCUT2D eigenvalue weighted by molar-refractivity contribution is -0.116. The van der Waals surface area contributed by atoms with Crippen molar-refractivity contribution < 1.29 is 14.0 Å². The molecule has 0 unspecified atom stereocenters. The molecule has 14 nitrogen and oxygen atoms in total. The van der Waals surface area contributed by atoms with E-state index >= 15 is 0 Å². The van der Waals surface area contributed by atoms with Gasteiger partial charge in [-0.05, 0) is 53.6 Å². The first kappa shape index (κ1) is 42.9. The Bertz CT molecular complexity index is 3210. The maximum atomic E-state index is 13.7. The van der Waals surface area contributed by atoms with Crippen molar-refractivity contribution >= 4 is 23.5 Å². The number of hydrogen-bond donors (Lipinski definition) is 2. The predicted molar refractivity (Wildman–Crippen MR) is 253 cm³/mol. The minimum absolute atomic E-state index is 0.0279. The van der Waals surface area contributed by atoms with Crippen molar-refractivity contribution in [3.05, 3.63) is 218 Å². The van der Waals surface area contributed by atoms with Gasteiger partial charge in [-0.15, -0.1) is 10.2 Å². The number of anilines is 2. The van der Waals surface area contributed by atoms with E-state index in [0.717, 1.165) is 44.8 Å². The van der Waals surface area contributed by atoms with Gasteiger partial charge in [0.25, 0.3) is 0 Å². The topological polar surface area (TPSA) is 171 Å². The third-order valence-electron chi connectivity index (χ3n) is 10.4. The summed E-state index contributed by atoms with van der Waals surface area (Å²) in [5, 5.41) is 22.7. The largest absolute Gasteiger partial charge is 0.310 e. The average molecular weight is 883 g/mol. The number of pyridine rings is 4. The molecule has 10 aromatic rings. The van der Waals surface area contributed by atoms with Gasteiger partial charge in [0.15, 0.2) is 0 Å². The summed E-state index contributed by atoms with van der Waals surface area (Å²) in [5.74, 6) is -0.202. The second kappa shape index (κ2) is 20.4. The van der Waals surface area contributed by atoms with Crippen LogP contribution in [0.25, 0.3) is 56.1 Å². The third kappa shape index (κ3) is 10.5. The number of nitrogens with zero attached hydrogens (tertiary/aromatic N) is 10. The van der Waals surface area contributed by atoms with Crippen molar-refractivity contribution in [3.63, 3.8) is 0 Å². The summed E-state index contributed by atoms with van der Waals surface area (Å²) in [6.45, 7) is 0. The molecule has 4 aromatic carbocycles. The Morgan fingerprint density at radius 2 is 0.866 bits per heavy atom. The summed E-state index contributed by atoms with van der Waals surface area (Å²) in [4.78, 5) is 42.1. The quantitative estimate of drug-likeness (QED) is 0.113. The Balaban J connectivity index is 0.000000168. The van der Waals surface area contributed by atoms with Crippen molar-refractivity contribution in [3.8, 4) is 56.1 Å². The molecule has 6 heterocycles. The van der Waals surface area contributed by atoms with E-state index in [2.05, 4.69) is 51.2 Å². The molecule has 0 fully saturated rings. The van der Waals surface area contributed by atoms with Crippen molar-refractivity contribution in [2.45, 2.75) is 12.8 Å². The van der Waals surface area contributed by atoms with E-state index in [1.54, 1.807) is 47.7 Å². The highest BCUT2D eigenvalue weighted by Crippen LogP contribution is 2.28. The summed E-state index contributed by atoms with van der Waals surface area (Å²) in [5.41, 5.74) is 9.48. The van der Waals surface area contributed by atoms with E-state index in [-0.39, 0.29) is 24.7 Å². The lowest BCUT2D eigenvalue weighted by atomic mass is 10.1. The molecule has 0 atom stereocenters. The molecule has 2 amide bonds. The van der Waals surface area contributed by atoms with Crippen molar-refractivity contribution in [2.75, 3.05) is 10.6 Å².